The van der Waals surface area contributed by atoms with Gasteiger partial charge in [0.2, 0.25) is 17.3 Å². The lowest BCUT2D eigenvalue weighted by Gasteiger charge is -2.31. The lowest BCUT2D eigenvalue weighted by Crippen LogP contribution is -2.48. The van der Waals surface area contributed by atoms with Crippen LogP contribution >= 0.6 is 0 Å². The molecule has 1 spiro atoms. The number of aromatic nitrogens is 2. The maximum absolute atomic E-state index is 13.3. The Morgan fingerprint density at radius 2 is 2.03 bits per heavy atom. The third kappa shape index (κ3) is 2.23. The number of hydrogen-bond donors (Lipinski definition) is 0. The van der Waals surface area contributed by atoms with Gasteiger partial charge in [0.15, 0.2) is 5.72 Å². The van der Waals surface area contributed by atoms with Crippen LogP contribution in [0.5, 0.6) is 0 Å². The lowest BCUT2D eigenvalue weighted by molar-refractivity contribution is -0.138. The molecule has 0 unspecified atom stereocenters. The fourth-order valence-electron chi connectivity index (χ4n) is 4.98. The Labute approximate surface area is 166 Å². The molecule has 2 aromatic heterocycles. The van der Waals surface area contributed by atoms with E-state index in [1.165, 1.54) is 0 Å². The summed E-state index contributed by atoms with van der Waals surface area (Å²) in [5.74, 6) is -0.0903. The number of pyridine rings is 1. The topological polar surface area (TPSA) is 88.8 Å². The fraction of sp³-hybridized carbons (Fsp3) is 0.333. The summed E-state index contributed by atoms with van der Waals surface area (Å²) in [5.41, 5.74) is 0.677. The number of nitrogens with zero attached hydrogens (tertiary/aromatic N) is 4. The van der Waals surface area contributed by atoms with Gasteiger partial charge in [0.05, 0.1) is 24.4 Å². The van der Waals surface area contributed by atoms with Gasteiger partial charge in [0.1, 0.15) is 6.10 Å². The molecule has 0 N–H and O–H groups in total. The van der Waals surface area contributed by atoms with Crippen LogP contribution in [-0.2, 0) is 9.53 Å². The quantitative estimate of drug-likeness (QED) is 0.666. The van der Waals surface area contributed by atoms with Gasteiger partial charge in [0.25, 0.3) is 5.91 Å². The number of fused-ring (bicyclic) bond motifs is 1. The van der Waals surface area contributed by atoms with Crippen molar-refractivity contribution < 1.29 is 18.8 Å². The Kier molecular flexibility index (Phi) is 3.37. The molecule has 3 aliphatic rings. The summed E-state index contributed by atoms with van der Waals surface area (Å²) >= 11 is 0. The van der Waals surface area contributed by atoms with E-state index in [1.807, 2.05) is 35.2 Å². The van der Waals surface area contributed by atoms with Crippen molar-refractivity contribution in [3.8, 4) is 0 Å². The summed E-state index contributed by atoms with van der Waals surface area (Å²) in [6, 6.07) is 13.1. The highest BCUT2D eigenvalue weighted by molar-refractivity contribution is 6.03. The lowest BCUT2D eigenvalue weighted by atomic mass is 10.1. The predicted molar refractivity (Wildman–Crippen MR) is 101 cm³/mol. The molecule has 8 heteroatoms. The van der Waals surface area contributed by atoms with E-state index < -0.39 is 5.72 Å². The van der Waals surface area contributed by atoms with E-state index in [2.05, 4.69) is 10.1 Å². The average molecular weight is 390 g/mol. The molecule has 3 aliphatic heterocycles. The van der Waals surface area contributed by atoms with Crippen LogP contribution in [0.3, 0.4) is 0 Å². The van der Waals surface area contributed by atoms with Crippen LogP contribution in [0.4, 0.5) is 0 Å². The van der Waals surface area contributed by atoms with E-state index in [9.17, 15) is 9.59 Å². The van der Waals surface area contributed by atoms with E-state index in [1.54, 1.807) is 23.2 Å². The van der Waals surface area contributed by atoms with E-state index in [-0.39, 0.29) is 36.1 Å². The number of likely N-dealkylation sites (tertiary alicyclic amines) is 1. The summed E-state index contributed by atoms with van der Waals surface area (Å²) in [6.07, 6.45) is 2.27. The third-order valence-electron chi connectivity index (χ3n) is 6.31. The van der Waals surface area contributed by atoms with E-state index >= 15 is 0 Å². The summed E-state index contributed by atoms with van der Waals surface area (Å²) in [4.78, 5) is 33.7. The molecule has 5 heterocycles. The third-order valence-corrected chi connectivity index (χ3v) is 6.31. The molecule has 8 nitrogen and oxygen atoms in total. The molecular weight excluding hydrogens is 372 g/mol. The highest BCUT2D eigenvalue weighted by Crippen LogP contribution is 2.51. The SMILES string of the molecule is O=C(c1onc2ncccc12)N1CC[C@@]23O[C@H](c4ccccc4)CN2C(=O)C[C@@H]13. The number of ether oxygens (including phenoxy) is 1. The minimum Gasteiger partial charge on any atom is -0.348 e. The Balaban J connectivity index is 1.34. The second-order valence-electron chi connectivity index (χ2n) is 7.72. The standard InChI is InChI=1S/C21H18N4O4/c26-17-11-16-21(25(17)12-15(28-21)13-5-2-1-3-6-13)8-10-24(16)20(27)18-14-7-4-9-22-19(14)23-29-18/h1-7,9,15-16H,8,10-12H2/t15-,16+,21-/m0/s1. The van der Waals surface area contributed by atoms with E-state index in [0.29, 0.717) is 30.5 Å². The van der Waals surface area contributed by atoms with Crippen LogP contribution in [0.25, 0.3) is 11.0 Å². The first-order chi connectivity index (χ1) is 14.2. The van der Waals surface area contributed by atoms with Gasteiger partial charge in [-0.05, 0) is 17.7 Å². The zero-order valence-corrected chi connectivity index (χ0v) is 15.5. The number of amides is 2. The number of benzene rings is 1. The Morgan fingerprint density at radius 3 is 2.90 bits per heavy atom. The summed E-state index contributed by atoms with van der Waals surface area (Å²) in [7, 11) is 0. The second-order valence-corrected chi connectivity index (χ2v) is 7.72. The molecular formula is C21H18N4O4. The van der Waals surface area contributed by atoms with Crippen molar-refractivity contribution in [2.75, 3.05) is 13.1 Å². The number of carbonyl (C=O) groups is 2. The van der Waals surface area contributed by atoms with Crippen molar-refractivity contribution in [1.29, 1.82) is 0 Å². The Hall–Kier alpha value is -3.26. The first-order valence-electron chi connectivity index (χ1n) is 9.72. The minimum absolute atomic E-state index is 0.0232. The summed E-state index contributed by atoms with van der Waals surface area (Å²) in [5, 5.41) is 4.46. The first-order valence-corrected chi connectivity index (χ1v) is 9.72. The second kappa shape index (κ2) is 5.87. The van der Waals surface area contributed by atoms with Crippen molar-refractivity contribution in [2.45, 2.75) is 30.7 Å². The smallest absolute Gasteiger partial charge is 0.293 e. The minimum atomic E-state index is -0.763. The van der Waals surface area contributed by atoms with Crippen LogP contribution in [0.15, 0.2) is 53.2 Å². The normalized spacial score (nSPS) is 28.2. The van der Waals surface area contributed by atoms with Gasteiger partial charge in [-0.15, -0.1) is 0 Å². The molecule has 0 saturated carbocycles. The van der Waals surface area contributed by atoms with Crippen molar-refractivity contribution >= 4 is 22.8 Å². The molecule has 0 aliphatic carbocycles. The molecule has 0 radical (unpaired) electrons. The molecule has 146 valence electrons. The molecule has 3 aromatic rings. The van der Waals surface area contributed by atoms with Crippen LogP contribution in [-0.4, -0.2) is 56.6 Å². The van der Waals surface area contributed by atoms with Crippen molar-refractivity contribution in [3.05, 3.63) is 60.0 Å². The van der Waals surface area contributed by atoms with Gasteiger partial charge in [-0.1, -0.05) is 35.5 Å². The fourth-order valence-corrected chi connectivity index (χ4v) is 4.98. The molecule has 1 aromatic carbocycles. The molecule has 3 saturated heterocycles. The maximum Gasteiger partial charge on any atom is 0.293 e. The summed E-state index contributed by atoms with van der Waals surface area (Å²) < 4.78 is 11.8. The summed E-state index contributed by atoms with van der Waals surface area (Å²) in [6.45, 7) is 1.01. The van der Waals surface area contributed by atoms with Gasteiger partial charge in [-0.25, -0.2) is 4.98 Å². The zero-order chi connectivity index (χ0) is 19.6. The predicted octanol–water partition coefficient (Wildman–Crippen LogP) is 2.14. The van der Waals surface area contributed by atoms with E-state index in [4.69, 9.17) is 9.26 Å². The molecule has 3 atom stereocenters. The number of carbonyl (C=O) groups excluding carboxylic acids is 2. The number of rotatable bonds is 2. The average Bonchev–Trinajstić information content (AvgIpc) is 3.48. The van der Waals surface area contributed by atoms with Gasteiger partial charge in [-0.3, -0.25) is 9.59 Å². The molecule has 6 rings (SSSR count). The van der Waals surface area contributed by atoms with Crippen molar-refractivity contribution in [1.82, 2.24) is 19.9 Å². The Bertz CT molecular complexity index is 1130. The van der Waals surface area contributed by atoms with Gasteiger partial charge in [-0.2, -0.15) is 0 Å². The van der Waals surface area contributed by atoms with E-state index in [0.717, 1.165) is 5.56 Å². The van der Waals surface area contributed by atoms with Gasteiger partial charge >= 0.3 is 0 Å². The van der Waals surface area contributed by atoms with Gasteiger partial charge < -0.3 is 19.1 Å². The van der Waals surface area contributed by atoms with Crippen molar-refractivity contribution in [2.24, 2.45) is 0 Å². The first kappa shape index (κ1) is 16.7. The Morgan fingerprint density at radius 1 is 1.17 bits per heavy atom. The van der Waals surface area contributed by atoms with Crippen molar-refractivity contribution in [3.63, 3.8) is 0 Å². The van der Waals surface area contributed by atoms with Crippen LogP contribution in [0.2, 0.25) is 0 Å². The largest absolute Gasteiger partial charge is 0.348 e. The maximum atomic E-state index is 13.3. The highest BCUT2D eigenvalue weighted by Gasteiger charge is 2.65. The monoisotopic (exact) mass is 390 g/mol. The highest BCUT2D eigenvalue weighted by atomic mass is 16.5. The molecule has 3 fully saturated rings. The molecule has 0 bridgehead atoms. The van der Waals surface area contributed by atoms with Gasteiger partial charge in [0, 0.05) is 19.2 Å². The molecule has 29 heavy (non-hydrogen) atoms. The molecule has 2 amide bonds. The van der Waals surface area contributed by atoms with Crippen LogP contribution < -0.4 is 0 Å². The zero-order valence-electron chi connectivity index (χ0n) is 15.5. The van der Waals surface area contributed by atoms with Crippen LogP contribution in [0, 0.1) is 0 Å². The van der Waals surface area contributed by atoms with Crippen LogP contribution in [0.1, 0.15) is 35.1 Å². The number of hydrogen-bond acceptors (Lipinski definition) is 6.